The molecular formula is C9H17F3OS. The number of halogens is 3. The first-order chi connectivity index (χ1) is 6.12. The molecule has 0 rings (SSSR count). The SMILES string of the molecule is CC(O)CC(C)(C)CCSC(F)(F)F. The van der Waals surface area contributed by atoms with Crippen molar-refractivity contribution in [3.63, 3.8) is 0 Å². The van der Waals surface area contributed by atoms with Crippen molar-refractivity contribution in [2.45, 2.75) is 45.2 Å². The molecule has 0 bridgehead atoms. The Kier molecular flexibility index (Phi) is 5.30. The molecule has 0 saturated carbocycles. The average Bonchev–Trinajstić information content (AvgIpc) is 1.78. The van der Waals surface area contributed by atoms with Crippen LogP contribution in [0.3, 0.4) is 0 Å². The largest absolute Gasteiger partial charge is 0.441 e. The number of alkyl halides is 3. The van der Waals surface area contributed by atoms with E-state index in [0.717, 1.165) is 0 Å². The van der Waals surface area contributed by atoms with Crippen molar-refractivity contribution in [2.75, 3.05) is 5.75 Å². The first kappa shape index (κ1) is 14.1. The lowest BCUT2D eigenvalue weighted by molar-refractivity contribution is -0.0329. The number of hydrogen-bond acceptors (Lipinski definition) is 2. The van der Waals surface area contributed by atoms with Crippen LogP contribution in [0.5, 0.6) is 0 Å². The normalized spacial score (nSPS) is 15.6. The number of hydrogen-bond donors (Lipinski definition) is 1. The number of aliphatic hydroxyl groups is 1. The van der Waals surface area contributed by atoms with Crippen LogP contribution in [0.1, 0.15) is 33.6 Å². The Labute approximate surface area is 87.1 Å². The standard InChI is InChI=1S/C9H17F3OS/c1-7(13)6-8(2,3)4-5-14-9(10,11)12/h7,13H,4-6H2,1-3H3. The van der Waals surface area contributed by atoms with Gasteiger partial charge in [-0.05, 0) is 25.2 Å². The van der Waals surface area contributed by atoms with Crippen molar-refractivity contribution < 1.29 is 18.3 Å². The van der Waals surface area contributed by atoms with Crippen LogP contribution in [0.4, 0.5) is 13.2 Å². The molecule has 0 aromatic carbocycles. The summed E-state index contributed by atoms with van der Waals surface area (Å²) in [6, 6.07) is 0. The predicted molar refractivity (Wildman–Crippen MR) is 53.2 cm³/mol. The highest BCUT2D eigenvalue weighted by Gasteiger charge is 2.29. The van der Waals surface area contributed by atoms with Gasteiger partial charge in [0.15, 0.2) is 0 Å². The fraction of sp³-hybridized carbons (Fsp3) is 1.00. The molecular weight excluding hydrogens is 213 g/mol. The molecule has 0 aromatic heterocycles. The van der Waals surface area contributed by atoms with E-state index in [9.17, 15) is 13.2 Å². The van der Waals surface area contributed by atoms with Gasteiger partial charge in [-0.25, -0.2) is 0 Å². The molecule has 0 amide bonds. The van der Waals surface area contributed by atoms with E-state index in [2.05, 4.69) is 0 Å². The van der Waals surface area contributed by atoms with Gasteiger partial charge in [-0.3, -0.25) is 0 Å². The summed E-state index contributed by atoms with van der Waals surface area (Å²) in [5.41, 5.74) is -4.37. The van der Waals surface area contributed by atoms with Crippen molar-refractivity contribution in [3.8, 4) is 0 Å². The van der Waals surface area contributed by atoms with Gasteiger partial charge >= 0.3 is 5.51 Å². The van der Waals surface area contributed by atoms with Crippen LogP contribution in [0.15, 0.2) is 0 Å². The van der Waals surface area contributed by atoms with Crippen molar-refractivity contribution in [2.24, 2.45) is 5.41 Å². The minimum atomic E-state index is -4.14. The molecule has 0 aliphatic carbocycles. The van der Waals surface area contributed by atoms with Gasteiger partial charge in [0.05, 0.1) is 6.10 Å². The van der Waals surface area contributed by atoms with Gasteiger partial charge < -0.3 is 5.11 Å². The van der Waals surface area contributed by atoms with E-state index in [1.165, 1.54) is 0 Å². The second-order valence-corrected chi connectivity index (χ2v) is 5.42. The summed E-state index contributed by atoms with van der Waals surface area (Å²) in [7, 11) is 0. The highest BCUT2D eigenvalue weighted by Crippen LogP contribution is 2.35. The maximum Gasteiger partial charge on any atom is 0.441 e. The molecule has 1 N–H and O–H groups in total. The Bertz CT molecular complexity index is 166. The zero-order valence-corrected chi connectivity index (χ0v) is 9.50. The summed E-state index contributed by atoms with van der Waals surface area (Å²) in [5.74, 6) is 0.0588. The predicted octanol–water partition coefficient (Wildman–Crippen LogP) is 3.43. The minimum absolute atomic E-state index is 0.00589. The van der Waals surface area contributed by atoms with Crippen LogP contribution in [-0.2, 0) is 0 Å². The Hall–Kier alpha value is 0.100. The van der Waals surface area contributed by atoms with Gasteiger partial charge in [0, 0.05) is 5.75 Å². The molecule has 86 valence electrons. The number of rotatable bonds is 5. The van der Waals surface area contributed by atoms with Crippen molar-refractivity contribution >= 4 is 11.8 Å². The second kappa shape index (κ2) is 5.26. The summed E-state index contributed by atoms with van der Waals surface area (Å²) in [5, 5.41) is 9.12. The molecule has 0 radical (unpaired) electrons. The van der Waals surface area contributed by atoms with Crippen LogP contribution in [0, 0.1) is 5.41 Å². The number of thioether (sulfide) groups is 1. The minimum Gasteiger partial charge on any atom is -0.393 e. The van der Waals surface area contributed by atoms with Crippen LogP contribution in [0.25, 0.3) is 0 Å². The first-order valence-corrected chi connectivity index (χ1v) is 5.50. The summed E-state index contributed by atoms with van der Waals surface area (Å²) in [6.45, 7) is 5.39. The first-order valence-electron chi connectivity index (χ1n) is 4.51. The molecule has 0 aromatic rings. The van der Waals surface area contributed by atoms with E-state index in [-0.39, 0.29) is 22.9 Å². The van der Waals surface area contributed by atoms with Gasteiger partial charge in [0.25, 0.3) is 0 Å². The van der Waals surface area contributed by atoms with Gasteiger partial charge in [-0.15, -0.1) is 0 Å². The van der Waals surface area contributed by atoms with Gasteiger partial charge in [-0.1, -0.05) is 25.6 Å². The van der Waals surface area contributed by atoms with Gasteiger partial charge in [0.2, 0.25) is 0 Å². The molecule has 0 saturated heterocycles. The third-order valence-electron chi connectivity index (χ3n) is 1.89. The highest BCUT2D eigenvalue weighted by atomic mass is 32.2. The van der Waals surface area contributed by atoms with Crippen LogP contribution in [0.2, 0.25) is 0 Å². The molecule has 0 aliphatic heterocycles. The van der Waals surface area contributed by atoms with E-state index in [1.807, 2.05) is 13.8 Å². The lowest BCUT2D eigenvalue weighted by Crippen LogP contribution is -2.19. The Morgan fingerprint density at radius 2 is 1.79 bits per heavy atom. The molecule has 0 fully saturated rings. The monoisotopic (exact) mass is 230 g/mol. The molecule has 5 heteroatoms. The summed E-state index contributed by atoms with van der Waals surface area (Å²) >= 11 is 0.00589. The van der Waals surface area contributed by atoms with Crippen molar-refractivity contribution in [3.05, 3.63) is 0 Å². The van der Waals surface area contributed by atoms with Crippen LogP contribution < -0.4 is 0 Å². The van der Waals surface area contributed by atoms with Gasteiger partial charge in [-0.2, -0.15) is 13.2 Å². The van der Waals surface area contributed by atoms with Gasteiger partial charge in [0.1, 0.15) is 0 Å². The fourth-order valence-corrected chi connectivity index (χ4v) is 2.23. The van der Waals surface area contributed by atoms with E-state index < -0.39 is 11.6 Å². The molecule has 0 spiro atoms. The molecule has 1 atom stereocenters. The zero-order chi connectivity index (χ0) is 11.4. The molecule has 14 heavy (non-hydrogen) atoms. The second-order valence-electron chi connectivity index (χ2n) is 4.26. The summed E-state index contributed by atoms with van der Waals surface area (Å²) in [6.07, 6.45) is 0.536. The maximum atomic E-state index is 11.8. The van der Waals surface area contributed by atoms with E-state index in [1.54, 1.807) is 6.92 Å². The quantitative estimate of drug-likeness (QED) is 0.780. The van der Waals surface area contributed by atoms with E-state index in [4.69, 9.17) is 5.11 Å². The van der Waals surface area contributed by atoms with Crippen molar-refractivity contribution in [1.29, 1.82) is 0 Å². The average molecular weight is 230 g/mol. The van der Waals surface area contributed by atoms with Crippen LogP contribution >= 0.6 is 11.8 Å². The van der Waals surface area contributed by atoms with E-state index >= 15 is 0 Å². The molecule has 1 unspecified atom stereocenters. The molecule has 0 aliphatic rings. The highest BCUT2D eigenvalue weighted by molar-refractivity contribution is 8.00. The molecule has 0 heterocycles. The lowest BCUT2D eigenvalue weighted by atomic mass is 9.84. The summed E-state index contributed by atoms with van der Waals surface area (Å²) < 4.78 is 35.4. The Morgan fingerprint density at radius 3 is 2.14 bits per heavy atom. The fourth-order valence-electron chi connectivity index (χ4n) is 1.34. The third-order valence-corrected chi connectivity index (χ3v) is 2.63. The number of aliphatic hydroxyl groups excluding tert-OH is 1. The van der Waals surface area contributed by atoms with E-state index in [0.29, 0.717) is 12.8 Å². The topological polar surface area (TPSA) is 20.2 Å². The Balaban J connectivity index is 3.76. The third kappa shape index (κ3) is 8.69. The molecule has 1 nitrogen and oxygen atoms in total. The summed E-state index contributed by atoms with van der Waals surface area (Å²) in [4.78, 5) is 0. The maximum absolute atomic E-state index is 11.8. The smallest absolute Gasteiger partial charge is 0.393 e. The zero-order valence-electron chi connectivity index (χ0n) is 8.69. The van der Waals surface area contributed by atoms with Crippen LogP contribution in [-0.4, -0.2) is 22.5 Å². The van der Waals surface area contributed by atoms with Crippen molar-refractivity contribution in [1.82, 2.24) is 0 Å². The Morgan fingerprint density at radius 1 is 1.29 bits per heavy atom. The lowest BCUT2D eigenvalue weighted by Gasteiger charge is -2.25.